The van der Waals surface area contributed by atoms with Crippen LogP contribution in [-0.2, 0) is 6.42 Å². The maximum atomic E-state index is 2.46. The molecule has 0 N–H and O–H groups in total. The number of hydrogen-bond acceptors (Lipinski definition) is 0. The molecule has 0 amide bonds. The minimum atomic E-state index is 0.903. The van der Waals surface area contributed by atoms with E-state index < -0.39 is 0 Å². The molecule has 1 saturated carbocycles. The van der Waals surface area contributed by atoms with Crippen molar-refractivity contribution in [3.05, 3.63) is 35.9 Å². The second-order valence-electron chi connectivity index (χ2n) is 8.23. The first-order chi connectivity index (χ1) is 11.1. The monoisotopic (exact) mass is 316 g/mol. The fourth-order valence-electron chi connectivity index (χ4n) is 4.04. The van der Waals surface area contributed by atoms with E-state index in [1.807, 2.05) is 0 Å². The highest BCUT2D eigenvalue weighted by Crippen LogP contribution is 2.41. The van der Waals surface area contributed by atoms with Gasteiger partial charge < -0.3 is 4.48 Å². The molecule has 1 aromatic carbocycles. The maximum Gasteiger partial charge on any atom is 0.0925 e. The van der Waals surface area contributed by atoms with Gasteiger partial charge in [0.15, 0.2) is 0 Å². The molecule has 2 rings (SSSR count). The van der Waals surface area contributed by atoms with Crippen molar-refractivity contribution in [1.82, 2.24) is 0 Å². The molecular formula is C22H38N+. The minimum Gasteiger partial charge on any atom is -0.326 e. The zero-order valence-corrected chi connectivity index (χ0v) is 15.8. The first-order valence-electron chi connectivity index (χ1n) is 10.00. The summed E-state index contributed by atoms with van der Waals surface area (Å²) in [5.74, 6) is 0.918. The summed E-state index contributed by atoms with van der Waals surface area (Å²) >= 11 is 0. The molecule has 23 heavy (non-hydrogen) atoms. The Bertz CT molecular complexity index is 423. The van der Waals surface area contributed by atoms with Crippen LogP contribution in [0.25, 0.3) is 0 Å². The molecule has 1 aromatic rings. The SMILES string of the molecule is CCCCCCCCCC[N+](C)(C)C1CC1Cc1ccccc1. The molecule has 1 fully saturated rings. The summed E-state index contributed by atoms with van der Waals surface area (Å²) in [5.41, 5.74) is 1.52. The van der Waals surface area contributed by atoms with Gasteiger partial charge in [-0.2, -0.15) is 0 Å². The fraction of sp³-hybridized carbons (Fsp3) is 0.727. The van der Waals surface area contributed by atoms with Crippen LogP contribution in [0.1, 0.15) is 70.3 Å². The average Bonchev–Trinajstić information content (AvgIpc) is 3.31. The van der Waals surface area contributed by atoms with E-state index in [2.05, 4.69) is 51.4 Å². The van der Waals surface area contributed by atoms with Gasteiger partial charge >= 0.3 is 0 Å². The van der Waals surface area contributed by atoms with Gasteiger partial charge in [-0.3, -0.25) is 0 Å². The number of benzene rings is 1. The van der Waals surface area contributed by atoms with Gasteiger partial charge in [-0.1, -0.05) is 75.8 Å². The molecule has 0 spiro atoms. The predicted molar refractivity (Wildman–Crippen MR) is 102 cm³/mol. The number of nitrogens with zero attached hydrogens (tertiary/aromatic N) is 1. The molecule has 2 atom stereocenters. The van der Waals surface area contributed by atoms with Crippen LogP contribution in [0.3, 0.4) is 0 Å². The van der Waals surface area contributed by atoms with Crippen molar-refractivity contribution in [3.8, 4) is 0 Å². The standard InChI is InChI=1S/C22H38N/c1-4-5-6-7-8-9-10-14-17-23(2,3)22-19-21(22)18-20-15-12-11-13-16-20/h11-13,15-16,21-22H,4-10,14,17-19H2,1-3H3/q+1. The Morgan fingerprint density at radius 3 is 2.13 bits per heavy atom. The lowest BCUT2D eigenvalue weighted by Gasteiger charge is -2.31. The van der Waals surface area contributed by atoms with Crippen LogP contribution in [0.5, 0.6) is 0 Å². The summed E-state index contributed by atoms with van der Waals surface area (Å²) in [6.07, 6.45) is 14.1. The lowest BCUT2D eigenvalue weighted by molar-refractivity contribution is -0.903. The maximum absolute atomic E-state index is 2.46. The Morgan fingerprint density at radius 1 is 0.870 bits per heavy atom. The van der Waals surface area contributed by atoms with Gasteiger partial charge in [0.25, 0.3) is 0 Å². The van der Waals surface area contributed by atoms with Crippen LogP contribution in [0.2, 0.25) is 0 Å². The van der Waals surface area contributed by atoms with Crippen molar-refractivity contribution < 1.29 is 4.48 Å². The summed E-state index contributed by atoms with van der Waals surface area (Å²) in [6.45, 7) is 3.66. The Hall–Kier alpha value is -0.820. The molecular weight excluding hydrogens is 278 g/mol. The van der Waals surface area contributed by atoms with Crippen molar-refractivity contribution in [3.63, 3.8) is 0 Å². The third kappa shape index (κ3) is 6.67. The van der Waals surface area contributed by atoms with Crippen LogP contribution in [0.15, 0.2) is 30.3 Å². The van der Waals surface area contributed by atoms with Crippen molar-refractivity contribution in [2.24, 2.45) is 5.92 Å². The summed E-state index contributed by atoms with van der Waals surface area (Å²) in [4.78, 5) is 0. The largest absolute Gasteiger partial charge is 0.326 e. The van der Waals surface area contributed by atoms with E-state index in [4.69, 9.17) is 0 Å². The number of unbranched alkanes of at least 4 members (excludes halogenated alkanes) is 7. The lowest BCUT2D eigenvalue weighted by Crippen LogP contribution is -2.43. The average molecular weight is 317 g/mol. The summed E-state index contributed by atoms with van der Waals surface area (Å²) in [7, 11) is 4.91. The van der Waals surface area contributed by atoms with Gasteiger partial charge in [0, 0.05) is 12.3 Å². The Balaban J connectivity index is 1.56. The highest BCUT2D eigenvalue weighted by Gasteiger charge is 2.48. The van der Waals surface area contributed by atoms with E-state index in [1.165, 1.54) is 80.8 Å². The van der Waals surface area contributed by atoms with Crippen LogP contribution >= 0.6 is 0 Å². The molecule has 0 heterocycles. The van der Waals surface area contributed by atoms with Crippen molar-refractivity contribution in [2.75, 3.05) is 20.6 Å². The van der Waals surface area contributed by atoms with E-state index in [9.17, 15) is 0 Å². The summed E-state index contributed by atoms with van der Waals surface area (Å²) in [5, 5.41) is 0. The molecule has 1 heteroatoms. The van der Waals surface area contributed by atoms with Gasteiger partial charge in [-0.15, -0.1) is 0 Å². The van der Waals surface area contributed by atoms with Crippen LogP contribution in [-0.4, -0.2) is 31.2 Å². The van der Waals surface area contributed by atoms with E-state index in [1.54, 1.807) is 0 Å². The van der Waals surface area contributed by atoms with Crippen molar-refractivity contribution in [2.45, 2.75) is 77.2 Å². The van der Waals surface area contributed by atoms with Gasteiger partial charge in [0.2, 0.25) is 0 Å². The zero-order valence-electron chi connectivity index (χ0n) is 15.8. The Labute approximate surface area is 144 Å². The van der Waals surface area contributed by atoms with Gasteiger partial charge in [0.1, 0.15) is 0 Å². The Kier molecular flexibility index (Phi) is 7.62. The normalized spacial score (nSPS) is 20.7. The topological polar surface area (TPSA) is 0 Å². The van der Waals surface area contributed by atoms with E-state index >= 15 is 0 Å². The summed E-state index contributed by atoms with van der Waals surface area (Å²) in [6, 6.07) is 11.9. The molecule has 0 radical (unpaired) electrons. The molecule has 0 saturated heterocycles. The molecule has 0 aromatic heterocycles. The molecule has 0 bridgehead atoms. The molecule has 1 aliphatic carbocycles. The van der Waals surface area contributed by atoms with Crippen molar-refractivity contribution in [1.29, 1.82) is 0 Å². The molecule has 2 unspecified atom stereocenters. The molecule has 1 aliphatic rings. The van der Waals surface area contributed by atoms with Gasteiger partial charge in [-0.05, 0) is 24.8 Å². The predicted octanol–water partition coefficient (Wildman–Crippen LogP) is 5.83. The second kappa shape index (κ2) is 9.47. The highest BCUT2D eigenvalue weighted by atomic mass is 15.4. The molecule has 130 valence electrons. The smallest absolute Gasteiger partial charge is 0.0925 e. The minimum absolute atomic E-state index is 0.903. The fourth-order valence-corrected chi connectivity index (χ4v) is 4.04. The first-order valence-corrected chi connectivity index (χ1v) is 10.00. The number of quaternary nitrogens is 1. The van der Waals surface area contributed by atoms with Crippen LogP contribution in [0, 0.1) is 5.92 Å². The molecule has 1 nitrogen and oxygen atoms in total. The van der Waals surface area contributed by atoms with Crippen LogP contribution in [0.4, 0.5) is 0 Å². The van der Waals surface area contributed by atoms with Gasteiger partial charge in [0.05, 0.1) is 26.7 Å². The third-order valence-electron chi connectivity index (χ3n) is 5.71. The lowest BCUT2D eigenvalue weighted by atomic mass is 10.1. The van der Waals surface area contributed by atoms with E-state index in [0.717, 1.165) is 12.0 Å². The summed E-state index contributed by atoms with van der Waals surface area (Å²) < 4.78 is 1.24. The number of hydrogen-bond donors (Lipinski definition) is 0. The van der Waals surface area contributed by atoms with Gasteiger partial charge in [-0.25, -0.2) is 0 Å². The Morgan fingerprint density at radius 2 is 1.48 bits per heavy atom. The van der Waals surface area contributed by atoms with E-state index in [0.29, 0.717) is 0 Å². The molecule has 0 aliphatic heterocycles. The van der Waals surface area contributed by atoms with E-state index in [-0.39, 0.29) is 0 Å². The third-order valence-corrected chi connectivity index (χ3v) is 5.71. The first kappa shape index (κ1) is 18.5. The highest BCUT2D eigenvalue weighted by molar-refractivity contribution is 5.17. The zero-order chi connectivity index (χ0) is 16.5. The van der Waals surface area contributed by atoms with Crippen LogP contribution < -0.4 is 0 Å². The van der Waals surface area contributed by atoms with Crippen molar-refractivity contribution >= 4 is 0 Å². The quantitative estimate of drug-likeness (QED) is 0.336. The number of rotatable bonds is 12. The second-order valence-corrected chi connectivity index (χ2v) is 8.23.